The number of halogens is 1. The fourth-order valence-electron chi connectivity index (χ4n) is 2.31. The number of anilines is 1. The van der Waals surface area contributed by atoms with Crippen molar-refractivity contribution in [3.63, 3.8) is 0 Å². The lowest BCUT2D eigenvalue weighted by Gasteiger charge is -2.37. The fourth-order valence-corrected chi connectivity index (χ4v) is 2.31. The zero-order valence-electron chi connectivity index (χ0n) is 11.6. The third-order valence-electron chi connectivity index (χ3n) is 3.58. The van der Waals surface area contributed by atoms with E-state index in [9.17, 15) is 9.18 Å². The van der Waals surface area contributed by atoms with Crippen molar-refractivity contribution in [3.8, 4) is 0 Å². The molecule has 1 amide bonds. The molecule has 110 valence electrons. The van der Waals surface area contributed by atoms with Crippen LogP contribution < -0.4 is 5.32 Å². The van der Waals surface area contributed by atoms with Crippen LogP contribution in [0, 0.1) is 5.82 Å². The van der Waals surface area contributed by atoms with Crippen LogP contribution in [-0.4, -0.2) is 46.6 Å². The number of nitrogens with zero attached hydrogens (tertiary/aromatic N) is 2. The van der Waals surface area contributed by atoms with Gasteiger partial charge in [0.15, 0.2) is 11.6 Å². The standard InChI is InChI=1S/C14H20FN3O2/c1-2-16-13-12(15)11(6-7-17-13)14(20)18(8-9-19)10-4-3-5-10/h6-7,10,19H,2-5,8-9H2,1H3,(H,16,17). The van der Waals surface area contributed by atoms with Crippen molar-refractivity contribution in [1.29, 1.82) is 0 Å². The smallest absolute Gasteiger partial charge is 0.257 e. The summed E-state index contributed by atoms with van der Waals surface area (Å²) in [6, 6.07) is 1.51. The zero-order chi connectivity index (χ0) is 14.5. The van der Waals surface area contributed by atoms with Gasteiger partial charge in [-0.15, -0.1) is 0 Å². The second-order valence-electron chi connectivity index (χ2n) is 4.86. The Morgan fingerprint density at radius 3 is 2.90 bits per heavy atom. The van der Waals surface area contributed by atoms with Crippen LogP contribution in [0.1, 0.15) is 36.5 Å². The van der Waals surface area contributed by atoms with E-state index >= 15 is 0 Å². The van der Waals surface area contributed by atoms with E-state index in [-0.39, 0.29) is 36.5 Å². The van der Waals surface area contributed by atoms with Crippen molar-refractivity contribution in [2.45, 2.75) is 32.2 Å². The van der Waals surface area contributed by atoms with Crippen molar-refractivity contribution in [1.82, 2.24) is 9.88 Å². The molecule has 2 rings (SSSR count). The first kappa shape index (κ1) is 14.7. The average molecular weight is 281 g/mol. The van der Waals surface area contributed by atoms with E-state index < -0.39 is 5.82 Å². The Labute approximate surface area is 117 Å². The Morgan fingerprint density at radius 1 is 1.60 bits per heavy atom. The summed E-state index contributed by atoms with van der Waals surface area (Å²) in [5, 5.41) is 11.9. The van der Waals surface area contributed by atoms with E-state index in [4.69, 9.17) is 5.11 Å². The minimum atomic E-state index is -0.624. The zero-order valence-corrected chi connectivity index (χ0v) is 11.6. The van der Waals surface area contributed by atoms with Crippen LogP contribution in [0.25, 0.3) is 0 Å². The third kappa shape index (κ3) is 2.90. The molecule has 6 heteroatoms. The second-order valence-corrected chi connectivity index (χ2v) is 4.86. The number of hydrogen-bond donors (Lipinski definition) is 2. The van der Waals surface area contributed by atoms with E-state index in [1.807, 2.05) is 6.92 Å². The van der Waals surface area contributed by atoms with Crippen LogP contribution in [0.15, 0.2) is 12.3 Å². The van der Waals surface area contributed by atoms with Crippen molar-refractivity contribution >= 4 is 11.7 Å². The monoisotopic (exact) mass is 281 g/mol. The third-order valence-corrected chi connectivity index (χ3v) is 3.58. The summed E-state index contributed by atoms with van der Waals surface area (Å²) in [5.74, 6) is -0.902. The molecule has 1 saturated carbocycles. The van der Waals surface area contributed by atoms with Gasteiger partial charge in [0.1, 0.15) is 0 Å². The molecule has 0 aliphatic heterocycles. The number of carbonyl (C=O) groups excluding carboxylic acids is 1. The Morgan fingerprint density at radius 2 is 2.35 bits per heavy atom. The van der Waals surface area contributed by atoms with E-state index in [0.29, 0.717) is 6.54 Å². The highest BCUT2D eigenvalue weighted by molar-refractivity contribution is 5.95. The van der Waals surface area contributed by atoms with Crippen molar-refractivity contribution in [2.24, 2.45) is 0 Å². The average Bonchev–Trinajstić information content (AvgIpc) is 2.38. The number of carbonyl (C=O) groups is 1. The molecule has 2 N–H and O–H groups in total. The summed E-state index contributed by atoms with van der Waals surface area (Å²) in [6.45, 7) is 2.49. The molecule has 20 heavy (non-hydrogen) atoms. The van der Waals surface area contributed by atoms with Gasteiger partial charge in [-0.2, -0.15) is 0 Å². The maximum atomic E-state index is 14.3. The Hall–Kier alpha value is -1.69. The topological polar surface area (TPSA) is 65.5 Å². The van der Waals surface area contributed by atoms with Crippen LogP contribution in [0.5, 0.6) is 0 Å². The van der Waals surface area contributed by atoms with Crippen molar-refractivity contribution in [2.75, 3.05) is 25.0 Å². The van der Waals surface area contributed by atoms with Gasteiger partial charge in [-0.05, 0) is 32.3 Å². The Balaban J connectivity index is 2.24. The maximum absolute atomic E-state index is 14.3. The molecular formula is C14H20FN3O2. The first-order valence-corrected chi connectivity index (χ1v) is 6.99. The maximum Gasteiger partial charge on any atom is 0.257 e. The fraction of sp³-hybridized carbons (Fsp3) is 0.571. The van der Waals surface area contributed by atoms with E-state index in [1.165, 1.54) is 12.3 Å². The van der Waals surface area contributed by atoms with Crippen LogP contribution in [0.3, 0.4) is 0 Å². The normalized spacial score (nSPS) is 14.8. The molecule has 0 radical (unpaired) electrons. The van der Waals surface area contributed by atoms with Gasteiger partial charge in [0, 0.05) is 25.3 Å². The molecule has 1 aromatic heterocycles. The summed E-state index contributed by atoms with van der Waals surface area (Å²) in [7, 11) is 0. The molecule has 0 atom stereocenters. The van der Waals surface area contributed by atoms with Gasteiger partial charge < -0.3 is 15.3 Å². The summed E-state index contributed by atoms with van der Waals surface area (Å²) < 4.78 is 14.3. The lowest BCUT2D eigenvalue weighted by molar-refractivity contribution is 0.0521. The number of hydrogen-bond acceptors (Lipinski definition) is 4. The SMILES string of the molecule is CCNc1nccc(C(=O)N(CCO)C2CCC2)c1F. The largest absolute Gasteiger partial charge is 0.395 e. The number of nitrogens with one attached hydrogen (secondary N) is 1. The highest BCUT2D eigenvalue weighted by Crippen LogP contribution is 2.27. The molecule has 0 saturated heterocycles. The molecule has 0 spiro atoms. The Kier molecular flexibility index (Phi) is 4.89. The molecule has 5 nitrogen and oxygen atoms in total. The van der Waals surface area contributed by atoms with Gasteiger partial charge in [0.2, 0.25) is 0 Å². The number of pyridine rings is 1. The minimum Gasteiger partial charge on any atom is -0.395 e. The molecule has 0 bridgehead atoms. The van der Waals surface area contributed by atoms with Crippen LogP contribution in [0.2, 0.25) is 0 Å². The predicted molar refractivity (Wildman–Crippen MR) is 74.1 cm³/mol. The summed E-state index contributed by atoms with van der Waals surface area (Å²) >= 11 is 0. The van der Waals surface area contributed by atoms with Crippen molar-refractivity contribution in [3.05, 3.63) is 23.6 Å². The van der Waals surface area contributed by atoms with E-state index in [1.54, 1.807) is 4.90 Å². The van der Waals surface area contributed by atoms with Gasteiger partial charge in [-0.1, -0.05) is 0 Å². The number of rotatable bonds is 6. The highest BCUT2D eigenvalue weighted by Gasteiger charge is 2.30. The van der Waals surface area contributed by atoms with E-state index in [2.05, 4.69) is 10.3 Å². The molecule has 1 fully saturated rings. The summed E-state index contributed by atoms with van der Waals surface area (Å²) in [4.78, 5) is 17.9. The van der Waals surface area contributed by atoms with Crippen molar-refractivity contribution < 1.29 is 14.3 Å². The molecule has 1 aromatic rings. The summed E-state index contributed by atoms with van der Waals surface area (Å²) in [6.07, 6.45) is 4.32. The van der Waals surface area contributed by atoms with Gasteiger partial charge in [0.25, 0.3) is 5.91 Å². The number of aliphatic hydroxyl groups excluding tert-OH is 1. The van der Waals surface area contributed by atoms with Crippen LogP contribution in [-0.2, 0) is 0 Å². The van der Waals surface area contributed by atoms with Gasteiger partial charge in [-0.25, -0.2) is 9.37 Å². The lowest BCUT2D eigenvalue weighted by atomic mass is 9.91. The molecule has 0 aromatic carbocycles. The Bertz CT molecular complexity index is 477. The first-order chi connectivity index (χ1) is 9.69. The van der Waals surface area contributed by atoms with Crippen LogP contribution >= 0.6 is 0 Å². The number of aliphatic hydroxyl groups is 1. The molecule has 1 aliphatic carbocycles. The van der Waals surface area contributed by atoms with Gasteiger partial charge >= 0.3 is 0 Å². The highest BCUT2D eigenvalue weighted by atomic mass is 19.1. The lowest BCUT2D eigenvalue weighted by Crippen LogP contribution is -2.46. The van der Waals surface area contributed by atoms with Gasteiger partial charge in [-0.3, -0.25) is 4.79 Å². The number of amides is 1. The first-order valence-electron chi connectivity index (χ1n) is 6.99. The molecule has 0 unspecified atom stereocenters. The quantitative estimate of drug-likeness (QED) is 0.832. The predicted octanol–water partition coefficient (Wildman–Crippen LogP) is 1.64. The molecular weight excluding hydrogens is 261 g/mol. The van der Waals surface area contributed by atoms with E-state index in [0.717, 1.165) is 19.3 Å². The summed E-state index contributed by atoms with van der Waals surface area (Å²) in [5.41, 5.74) is 0.0105. The van der Waals surface area contributed by atoms with Crippen LogP contribution in [0.4, 0.5) is 10.2 Å². The van der Waals surface area contributed by atoms with Gasteiger partial charge in [0.05, 0.1) is 12.2 Å². The molecule has 1 heterocycles. The minimum absolute atomic E-state index is 0.0105. The number of aromatic nitrogens is 1. The molecule has 1 aliphatic rings. The second kappa shape index (κ2) is 6.65.